The average Bonchev–Trinajstić information content (AvgIpc) is 3.20. The van der Waals surface area contributed by atoms with E-state index in [0.717, 1.165) is 25.7 Å². The Bertz CT molecular complexity index is 853. The van der Waals surface area contributed by atoms with E-state index in [1.165, 1.54) is 128 Å². The smallest absolute Gasteiger partial charge is 0.187 e. The predicted octanol–water partition coefficient (Wildman–Crippen LogP) is 5.43. The second-order valence-electron chi connectivity index (χ2n) is 16.2. The molecule has 10 atom stereocenters. The standard InChI is InChI=1S/C43H84O13/c1-3-5-7-9-11-13-15-17-19-21-23-25-27-51-30-33(31-52-28-26-24-22-20-18-16-14-12-10-8-6-4-2)54-43-41(50)39(48)37(46)35(56-43)32-53-42-40(49)38(47)36(45)34(29-44)55-42/h33-50H,3-32H2,1-2H3/t34-,35-,36+,37-,38+,39+,40-,41-,42+,43+/m1/s1. The molecule has 0 aromatic carbocycles. The molecule has 2 aliphatic rings. The van der Waals surface area contributed by atoms with Gasteiger partial charge in [0.2, 0.25) is 0 Å². The fourth-order valence-corrected chi connectivity index (χ4v) is 7.40. The zero-order valence-corrected chi connectivity index (χ0v) is 35.1. The Morgan fingerprint density at radius 1 is 0.429 bits per heavy atom. The van der Waals surface area contributed by atoms with Crippen LogP contribution in [-0.4, -0.2) is 143 Å². The van der Waals surface area contributed by atoms with Gasteiger partial charge in [0.15, 0.2) is 12.6 Å². The molecule has 7 N–H and O–H groups in total. The van der Waals surface area contributed by atoms with Crippen LogP contribution in [0.2, 0.25) is 0 Å². The fraction of sp³-hybridized carbons (Fsp3) is 1.00. The van der Waals surface area contributed by atoms with Gasteiger partial charge in [-0.3, -0.25) is 0 Å². The lowest BCUT2D eigenvalue weighted by Crippen LogP contribution is -2.62. The second-order valence-corrected chi connectivity index (χ2v) is 16.2. The van der Waals surface area contributed by atoms with Crippen molar-refractivity contribution in [2.24, 2.45) is 0 Å². The predicted molar refractivity (Wildman–Crippen MR) is 215 cm³/mol. The van der Waals surface area contributed by atoms with Crippen LogP contribution in [-0.2, 0) is 28.4 Å². The fourth-order valence-electron chi connectivity index (χ4n) is 7.40. The maximum absolute atomic E-state index is 10.8. The molecule has 13 heteroatoms. The van der Waals surface area contributed by atoms with E-state index < -0.39 is 80.7 Å². The van der Waals surface area contributed by atoms with Crippen molar-refractivity contribution in [2.75, 3.05) is 39.6 Å². The molecule has 0 aromatic rings. The Labute approximate surface area is 338 Å². The Kier molecular flexibility index (Phi) is 30.6. The minimum Gasteiger partial charge on any atom is -0.394 e. The summed E-state index contributed by atoms with van der Waals surface area (Å²) in [5.41, 5.74) is 0. The van der Waals surface area contributed by atoms with E-state index >= 15 is 0 Å². The van der Waals surface area contributed by atoms with Crippen LogP contribution < -0.4 is 0 Å². The first-order valence-corrected chi connectivity index (χ1v) is 22.7. The van der Waals surface area contributed by atoms with Gasteiger partial charge in [-0.25, -0.2) is 0 Å². The molecule has 0 aromatic heterocycles. The summed E-state index contributed by atoms with van der Waals surface area (Å²) in [5.74, 6) is 0. The largest absolute Gasteiger partial charge is 0.394 e. The molecule has 0 aliphatic carbocycles. The molecule has 0 bridgehead atoms. The lowest BCUT2D eigenvalue weighted by molar-refractivity contribution is -0.338. The van der Waals surface area contributed by atoms with Crippen LogP contribution in [0.4, 0.5) is 0 Å². The normalized spacial score (nSPS) is 28.4. The van der Waals surface area contributed by atoms with Gasteiger partial charge in [0.1, 0.15) is 54.9 Å². The Morgan fingerprint density at radius 2 is 0.786 bits per heavy atom. The van der Waals surface area contributed by atoms with E-state index in [1.807, 2.05) is 0 Å². The Morgan fingerprint density at radius 3 is 1.20 bits per heavy atom. The van der Waals surface area contributed by atoms with Crippen LogP contribution in [0.5, 0.6) is 0 Å². The molecule has 2 fully saturated rings. The van der Waals surface area contributed by atoms with E-state index in [-0.39, 0.29) is 13.2 Å². The second kappa shape index (κ2) is 33.2. The summed E-state index contributed by atoms with van der Waals surface area (Å²) >= 11 is 0. The van der Waals surface area contributed by atoms with Gasteiger partial charge in [-0.05, 0) is 12.8 Å². The highest BCUT2D eigenvalue weighted by atomic mass is 16.7. The molecular weight excluding hydrogens is 724 g/mol. The maximum Gasteiger partial charge on any atom is 0.187 e. The van der Waals surface area contributed by atoms with Crippen molar-refractivity contribution in [2.45, 2.75) is 235 Å². The van der Waals surface area contributed by atoms with E-state index in [0.29, 0.717) is 13.2 Å². The summed E-state index contributed by atoms with van der Waals surface area (Å²) in [7, 11) is 0. The summed E-state index contributed by atoms with van der Waals surface area (Å²) in [5, 5.41) is 72.2. The van der Waals surface area contributed by atoms with Gasteiger partial charge in [0.25, 0.3) is 0 Å². The quantitative estimate of drug-likeness (QED) is 0.0396. The van der Waals surface area contributed by atoms with Crippen molar-refractivity contribution in [3.8, 4) is 0 Å². The third kappa shape index (κ3) is 21.7. The molecule has 13 nitrogen and oxygen atoms in total. The van der Waals surface area contributed by atoms with E-state index in [4.69, 9.17) is 28.4 Å². The van der Waals surface area contributed by atoms with Crippen molar-refractivity contribution in [1.29, 1.82) is 0 Å². The topological polar surface area (TPSA) is 197 Å². The molecule has 0 unspecified atom stereocenters. The third-order valence-electron chi connectivity index (χ3n) is 11.2. The van der Waals surface area contributed by atoms with Crippen LogP contribution in [0.3, 0.4) is 0 Å². The molecule has 56 heavy (non-hydrogen) atoms. The van der Waals surface area contributed by atoms with Gasteiger partial charge >= 0.3 is 0 Å². The van der Waals surface area contributed by atoms with E-state index in [2.05, 4.69) is 13.8 Å². The highest BCUT2D eigenvalue weighted by Crippen LogP contribution is 2.27. The third-order valence-corrected chi connectivity index (χ3v) is 11.2. The number of aliphatic hydroxyl groups is 7. The van der Waals surface area contributed by atoms with Gasteiger partial charge < -0.3 is 64.2 Å². The summed E-state index contributed by atoms with van der Waals surface area (Å²) < 4.78 is 34.9. The van der Waals surface area contributed by atoms with Gasteiger partial charge in [-0.15, -0.1) is 0 Å². The number of ether oxygens (including phenoxy) is 6. The minimum atomic E-state index is -1.65. The molecule has 0 saturated carbocycles. The molecule has 334 valence electrons. The molecule has 2 rings (SSSR count). The zero-order chi connectivity index (χ0) is 40.8. The van der Waals surface area contributed by atoms with E-state index in [9.17, 15) is 35.7 Å². The summed E-state index contributed by atoms with van der Waals surface area (Å²) in [4.78, 5) is 0. The molecule has 0 radical (unpaired) electrons. The Hall–Kier alpha value is -0.520. The number of rotatable bonds is 36. The SMILES string of the molecule is CCCCCCCCCCCCCCOCC(COCCCCCCCCCCCCCC)O[C@H]1O[C@H](CO[C@H]2O[C@H](CO)[C@H](O)[C@H](O)[C@H]2O)[C@@H](O)[C@H](O)[C@H]1O. The molecular formula is C43H84O13. The lowest BCUT2D eigenvalue weighted by Gasteiger charge is -2.43. The van der Waals surface area contributed by atoms with Crippen molar-refractivity contribution in [3.05, 3.63) is 0 Å². The van der Waals surface area contributed by atoms with Crippen LogP contribution in [0.25, 0.3) is 0 Å². The van der Waals surface area contributed by atoms with Crippen molar-refractivity contribution >= 4 is 0 Å². The Balaban J connectivity index is 1.79. The summed E-state index contributed by atoms with van der Waals surface area (Å²) in [6, 6.07) is 0. The first-order chi connectivity index (χ1) is 27.2. The lowest BCUT2D eigenvalue weighted by atomic mass is 9.98. The highest BCUT2D eigenvalue weighted by molar-refractivity contribution is 4.92. The molecule has 2 aliphatic heterocycles. The van der Waals surface area contributed by atoms with Crippen molar-refractivity contribution < 1.29 is 64.2 Å². The van der Waals surface area contributed by atoms with Gasteiger partial charge in [0.05, 0.1) is 26.4 Å². The van der Waals surface area contributed by atoms with Gasteiger partial charge in [-0.1, -0.05) is 155 Å². The molecule has 0 spiro atoms. The molecule has 2 heterocycles. The number of hydrogen-bond acceptors (Lipinski definition) is 13. The van der Waals surface area contributed by atoms with Gasteiger partial charge in [0, 0.05) is 13.2 Å². The first kappa shape index (κ1) is 51.6. The monoisotopic (exact) mass is 809 g/mol. The van der Waals surface area contributed by atoms with Crippen molar-refractivity contribution in [3.63, 3.8) is 0 Å². The van der Waals surface area contributed by atoms with Crippen LogP contribution in [0, 0.1) is 0 Å². The summed E-state index contributed by atoms with van der Waals surface area (Å²) in [6.45, 7) is 4.93. The first-order valence-electron chi connectivity index (χ1n) is 22.7. The number of aliphatic hydroxyl groups excluding tert-OH is 7. The van der Waals surface area contributed by atoms with Crippen LogP contribution in [0.1, 0.15) is 168 Å². The number of hydrogen-bond donors (Lipinski definition) is 7. The maximum atomic E-state index is 10.8. The highest BCUT2D eigenvalue weighted by Gasteiger charge is 2.48. The number of unbranched alkanes of at least 4 members (excludes halogenated alkanes) is 22. The molecule has 0 amide bonds. The van der Waals surface area contributed by atoms with E-state index in [1.54, 1.807) is 0 Å². The minimum absolute atomic E-state index is 0.188. The van der Waals surface area contributed by atoms with Gasteiger partial charge in [-0.2, -0.15) is 0 Å². The summed E-state index contributed by atoms with van der Waals surface area (Å²) in [6.07, 6.45) is 14.6. The average molecular weight is 809 g/mol. The van der Waals surface area contributed by atoms with Crippen molar-refractivity contribution in [1.82, 2.24) is 0 Å². The van der Waals surface area contributed by atoms with Crippen LogP contribution >= 0.6 is 0 Å². The zero-order valence-electron chi connectivity index (χ0n) is 35.1. The molecule has 2 saturated heterocycles. The van der Waals surface area contributed by atoms with Crippen LogP contribution in [0.15, 0.2) is 0 Å².